The van der Waals surface area contributed by atoms with Crippen molar-refractivity contribution in [3.05, 3.63) is 40.6 Å². The average molecular weight is 172 g/mol. The van der Waals surface area contributed by atoms with E-state index in [1.54, 1.807) is 16.3 Å². The molecule has 0 aromatic heterocycles. The fourth-order valence-electron chi connectivity index (χ4n) is 2.46. The van der Waals surface area contributed by atoms with Gasteiger partial charge >= 0.3 is 0 Å². The van der Waals surface area contributed by atoms with E-state index in [1.807, 2.05) is 5.20 Å². The number of rotatable bonds is 0. The highest BCUT2D eigenvalue weighted by Gasteiger charge is 2.51. The van der Waals surface area contributed by atoms with Crippen LogP contribution in [0.1, 0.15) is 11.1 Å². The van der Waals surface area contributed by atoms with E-state index in [-0.39, 0.29) is 0 Å². The normalized spacial score (nSPS) is 22.2. The second-order valence-electron chi connectivity index (χ2n) is 4.31. The Labute approximate surface area is 73.9 Å². The molecule has 0 atom stereocenters. The van der Waals surface area contributed by atoms with Crippen LogP contribution in [0, 0.1) is 0 Å². The summed E-state index contributed by atoms with van der Waals surface area (Å²) < 4.78 is 0. The molecule has 1 heterocycles. The van der Waals surface area contributed by atoms with E-state index in [4.69, 9.17) is 0 Å². The molecule has 0 N–H and O–H groups in total. The predicted octanol–water partition coefficient (Wildman–Crippen LogP) is 2.80. The summed E-state index contributed by atoms with van der Waals surface area (Å²) in [4.78, 5) is 0. The molecule has 0 bridgehead atoms. The Morgan fingerprint density at radius 3 is 2.75 bits per heavy atom. The lowest BCUT2D eigenvalue weighted by Gasteiger charge is -2.11. The minimum Gasteiger partial charge on any atom is -0.0714 e. The van der Waals surface area contributed by atoms with Gasteiger partial charge in [0.2, 0.25) is 0 Å². The summed E-state index contributed by atoms with van der Waals surface area (Å²) in [7, 11) is -0.925. The van der Waals surface area contributed by atoms with Crippen LogP contribution in [0.4, 0.5) is 0 Å². The highest BCUT2D eigenvalue weighted by molar-refractivity contribution is 7.13. The summed E-state index contributed by atoms with van der Waals surface area (Å²) in [6.45, 7) is 4.93. The van der Waals surface area contributed by atoms with E-state index in [1.165, 1.54) is 6.42 Å². The van der Waals surface area contributed by atoms with Gasteiger partial charge in [-0.15, -0.1) is 0 Å². The van der Waals surface area contributed by atoms with Gasteiger partial charge in [-0.05, 0) is 17.5 Å². The van der Waals surface area contributed by atoms with Crippen molar-refractivity contribution in [2.75, 3.05) is 0 Å². The summed E-state index contributed by atoms with van der Waals surface area (Å²) in [6.07, 6.45) is 1.27. The van der Waals surface area contributed by atoms with Gasteiger partial charge in [0.25, 0.3) is 0 Å². The topological polar surface area (TPSA) is 0 Å². The van der Waals surface area contributed by atoms with Crippen molar-refractivity contribution in [3.8, 4) is 0 Å². The van der Waals surface area contributed by atoms with Crippen LogP contribution in [-0.4, -0.2) is 8.07 Å². The number of benzene rings is 1. The zero-order valence-corrected chi connectivity index (χ0v) is 8.52. The van der Waals surface area contributed by atoms with Crippen LogP contribution in [0.25, 0.3) is 5.20 Å². The van der Waals surface area contributed by atoms with Gasteiger partial charge in [0.15, 0.2) is 0 Å². The van der Waals surface area contributed by atoms with Gasteiger partial charge in [-0.3, -0.25) is 0 Å². The highest BCUT2D eigenvalue weighted by Crippen LogP contribution is 2.55. The van der Waals surface area contributed by atoms with E-state index in [9.17, 15) is 0 Å². The van der Waals surface area contributed by atoms with Crippen molar-refractivity contribution in [1.82, 2.24) is 0 Å². The van der Waals surface area contributed by atoms with E-state index >= 15 is 0 Å². The Morgan fingerprint density at radius 2 is 1.92 bits per heavy atom. The number of fused-ring (bicyclic) bond motifs is 2. The molecule has 0 unspecified atom stereocenters. The molecule has 0 saturated carbocycles. The molecule has 12 heavy (non-hydrogen) atoms. The maximum absolute atomic E-state index is 2.47. The number of hydrogen-bond donors (Lipinski definition) is 0. The molecule has 0 amide bonds. The number of allylic oxidation sites excluding steroid dienone is 1. The van der Waals surface area contributed by atoms with E-state index < -0.39 is 8.07 Å². The Balaban J connectivity index is 2.17. The first kappa shape index (κ1) is 6.67. The third-order valence-electron chi connectivity index (χ3n) is 3.27. The van der Waals surface area contributed by atoms with Crippen LogP contribution in [0.5, 0.6) is 0 Å². The van der Waals surface area contributed by atoms with E-state index in [0.717, 1.165) is 0 Å². The first-order valence-corrected chi connectivity index (χ1v) is 7.53. The lowest BCUT2D eigenvalue weighted by atomic mass is 10.1. The van der Waals surface area contributed by atoms with Crippen LogP contribution in [-0.2, 0) is 6.42 Å². The van der Waals surface area contributed by atoms with Gasteiger partial charge in [0.05, 0.1) is 0 Å². The Kier molecular flexibility index (Phi) is 0.968. The molecule has 0 saturated heterocycles. The first-order chi connectivity index (χ1) is 5.71. The predicted molar refractivity (Wildman–Crippen MR) is 54.5 cm³/mol. The second-order valence-corrected chi connectivity index (χ2v) is 8.67. The fourth-order valence-corrected chi connectivity index (χ4v) is 6.08. The van der Waals surface area contributed by atoms with Crippen molar-refractivity contribution in [2.45, 2.75) is 19.5 Å². The zero-order valence-electron chi connectivity index (χ0n) is 7.52. The molecule has 0 fully saturated rings. The molecule has 1 aliphatic carbocycles. The molecule has 1 aromatic rings. The Hall–Kier alpha value is -0.823. The summed E-state index contributed by atoms with van der Waals surface area (Å²) in [5.41, 5.74) is 3.14. The average Bonchev–Trinajstić information content (AvgIpc) is 2.46. The van der Waals surface area contributed by atoms with Crippen molar-refractivity contribution in [1.29, 1.82) is 0 Å². The molecule has 2 aliphatic rings. The molecular weight excluding hydrogens is 160 g/mol. The molecule has 60 valence electrons. The van der Waals surface area contributed by atoms with E-state index in [0.29, 0.717) is 0 Å². The van der Waals surface area contributed by atoms with Gasteiger partial charge in [-0.2, -0.15) is 0 Å². The monoisotopic (exact) mass is 172 g/mol. The molecule has 1 aliphatic heterocycles. The largest absolute Gasteiger partial charge is 0.108 e. The summed E-state index contributed by atoms with van der Waals surface area (Å²) in [5.74, 6) is 0. The minimum atomic E-state index is -0.925. The Morgan fingerprint density at radius 1 is 1.17 bits per heavy atom. The standard InChI is InChI=1S/C11H12Si/c1-12(2)10-7-8-5-3-4-6-9(8)11(10)12/h3-6H,7H2,1-2H3. The third-order valence-corrected chi connectivity index (χ3v) is 6.78. The van der Waals surface area contributed by atoms with E-state index in [2.05, 4.69) is 37.4 Å². The maximum Gasteiger partial charge on any atom is 0.108 e. The highest BCUT2D eigenvalue weighted by atomic mass is 28.3. The van der Waals surface area contributed by atoms with Gasteiger partial charge < -0.3 is 0 Å². The Bertz CT molecular complexity index is 399. The van der Waals surface area contributed by atoms with Crippen molar-refractivity contribution in [2.24, 2.45) is 0 Å². The number of hydrogen-bond acceptors (Lipinski definition) is 0. The summed E-state index contributed by atoms with van der Waals surface area (Å²) >= 11 is 0. The fraction of sp³-hybridized carbons (Fsp3) is 0.273. The van der Waals surface area contributed by atoms with Crippen LogP contribution in [0.2, 0.25) is 13.1 Å². The molecule has 0 spiro atoms. The summed E-state index contributed by atoms with van der Waals surface area (Å²) in [6, 6.07) is 8.88. The first-order valence-electron chi connectivity index (χ1n) is 4.53. The van der Waals surface area contributed by atoms with Gasteiger partial charge in [-0.1, -0.05) is 47.8 Å². The molecular formula is C11H12Si. The lowest BCUT2D eigenvalue weighted by molar-refractivity contribution is 1.27. The van der Waals surface area contributed by atoms with Crippen LogP contribution < -0.4 is 0 Å². The third kappa shape index (κ3) is 0.593. The SMILES string of the molecule is C[Si]1(C)C2=C1c1ccccc1C2. The smallest absolute Gasteiger partial charge is 0.0714 e. The molecule has 0 radical (unpaired) electrons. The van der Waals surface area contributed by atoms with Crippen molar-refractivity contribution < 1.29 is 0 Å². The minimum absolute atomic E-state index is 0.925. The zero-order chi connectivity index (χ0) is 8.34. The van der Waals surface area contributed by atoms with Crippen molar-refractivity contribution >= 4 is 13.3 Å². The quantitative estimate of drug-likeness (QED) is 0.528. The van der Waals surface area contributed by atoms with Gasteiger partial charge in [0.1, 0.15) is 8.07 Å². The van der Waals surface area contributed by atoms with Crippen LogP contribution in [0.3, 0.4) is 0 Å². The molecule has 3 rings (SSSR count). The van der Waals surface area contributed by atoms with Crippen LogP contribution >= 0.6 is 0 Å². The molecule has 0 nitrogen and oxygen atoms in total. The summed E-state index contributed by atoms with van der Waals surface area (Å²) in [5, 5.41) is 3.57. The van der Waals surface area contributed by atoms with Crippen LogP contribution in [0.15, 0.2) is 29.5 Å². The molecule has 1 heteroatoms. The van der Waals surface area contributed by atoms with Gasteiger partial charge in [-0.25, -0.2) is 0 Å². The lowest BCUT2D eigenvalue weighted by Crippen LogP contribution is -2.14. The van der Waals surface area contributed by atoms with Gasteiger partial charge in [0, 0.05) is 0 Å². The molecule has 1 aromatic carbocycles. The maximum atomic E-state index is 2.47. The van der Waals surface area contributed by atoms with Crippen molar-refractivity contribution in [3.63, 3.8) is 0 Å². The second kappa shape index (κ2) is 1.74.